The molecule has 20 heavy (non-hydrogen) atoms. The van der Waals surface area contributed by atoms with Crippen LogP contribution in [0.3, 0.4) is 0 Å². The number of nitrogens with one attached hydrogen (secondary N) is 2. The van der Waals surface area contributed by atoms with Gasteiger partial charge in [0.05, 0.1) is 0 Å². The quantitative estimate of drug-likeness (QED) is 0.727. The number of piperazine rings is 1. The molecule has 1 aliphatic rings. The van der Waals surface area contributed by atoms with Crippen LogP contribution in [-0.2, 0) is 0 Å². The molecule has 0 atom stereocenters. The highest BCUT2D eigenvalue weighted by Gasteiger charge is 2.11. The van der Waals surface area contributed by atoms with Gasteiger partial charge in [-0.3, -0.25) is 4.90 Å². The average molecular weight is 277 g/mol. The zero-order valence-corrected chi connectivity index (χ0v) is 11.5. The van der Waals surface area contributed by atoms with Gasteiger partial charge in [0.1, 0.15) is 5.82 Å². The number of aromatic nitrogens is 4. The number of rotatable bonds is 4. The molecule has 2 N–H and O–H groups in total. The Morgan fingerprint density at radius 1 is 1.35 bits per heavy atom. The lowest BCUT2D eigenvalue weighted by atomic mass is 10.3. The average Bonchev–Trinajstić information content (AvgIpc) is 2.87. The highest BCUT2D eigenvalue weighted by Crippen LogP contribution is 2.08. The van der Waals surface area contributed by atoms with Crippen molar-refractivity contribution in [2.24, 2.45) is 0 Å². The maximum atomic E-state index is 11.5. The minimum absolute atomic E-state index is 0.308. The van der Waals surface area contributed by atoms with Crippen LogP contribution in [0.2, 0.25) is 0 Å². The van der Waals surface area contributed by atoms with Gasteiger partial charge in [0.25, 0.3) is 0 Å². The molecule has 1 saturated heterocycles. The van der Waals surface area contributed by atoms with Gasteiger partial charge in [-0.25, -0.2) is 9.89 Å². The monoisotopic (exact) mass is 277 g/mol. The summed E-state index contributed by atoms with van der Waals surface area (Å²) in [6, 6.07) is 3.68. The number of anilines is 1. The van der Waals surface area contributed by atoms with E-state index in [2.05, 4.69) is 30.4 Å². The van der Waals surface area contributed by atoms with Gasteiger partial charge in [0.2, 0.25) is 0 Å². The van der Waals surface area contributed by atoms with Crippen molar-refractivity contribution in [2.45, 2.75) is 0 Å². The Morgan fingerprint density at radius 2 is 2.15 bits per heavy atom. The number of fused-ring (bicyclic) bond motifs is 1. The number of aromatic amines is 1. The van der Waals surface area contributed by atoms with Gasteiger partial charge >= 0.3 is 5.69 Å². The molecule has 0 spiro atoms. The lowest BCUT2D eigenvalue weighted by Crippen LogP contribution is -2.46. The van der Waals surface area contributed by atoms with E-state index >= 15 is 0 Å². The minimum atomic E-state index is -0.308. The number of nitrogens with zero attached hydrogens (tertiary/aromatic N) is 5. The van der Waals surface area contributed by atoms with Gasteiger partial charge in [0.15, 0.2) is 5.65 Å². The molecule has 0 aliphatic carbocycles. The zero-order chi connectivity index (χ0) is 13.9. The van der Waals surface area contributed by atoms with Gasteiger partial charge in [0, 0.05) is 46.3 Å². The summed E-state index contributed by atoms with van der Waals surface area (Å²) in [5.74, 6) is 0.774. The molecular weight excluding hydrogens is 258 g/mol. The van der Waals surface area contributed by atoms with Crippen molar-refractivity contribution in [2.75, 3.05) is 51.2 Å². The van der Waals surface area contributed by atoms with E-state index in [1.165, 1.54) is 4.52 Å². The van der Waals surface area contributed by atoms with E-state index in [0.717, 1.165) is 45.1 Å². The second-order valence-corrected chi connectivity index (χ2v) is 5.00. The molecule has 2 aromatic heterocycles. The van der Waals surface area contributed by atoms with E-state index in [9.17, 15) is 4.79 Å². The maximum Gasteiger partial charge on any atom is 0.364 e. The predicted molar refractivity (Wildman–Crippen MR) is 76.2 cm³/mol. The van der Waals surface area contributed by atoms with Crippen LogP contribution in [0.4, 0.5) is 5.82 Å². The molecule has 0 radical (unpaired) electrons. The first-order chi connectivity index (χ1) is 9.74. The molecule has 2 aromatic rings. The van der Waals surface area contributed by atoms with Crippen molar-refractivity contribution in [1.29, 1.82) is 0 Å². The third-order valence-electron chi connectivity index (χ3n) is 3.61. The molecule has 3 rings (SSSR count). The first-order valence-corrected chi connectivity index (χ1v) is 6.83. The summed E-state index contributed by atoms with van der Waals surface area (Å²) in [6.45, 7) is 6.16. The Hall–Kier alpha value is -1.93. The van der Waals surface area contributed by atoms with Crippen LogP contribution in [-0.4, -0.2) is 71.0 Å². The number of hydrogen-bond donors (Lipinski definition) is 2. The fourth-order valence-electron chi connectivity index (χ4n) is 2.34. The van der Waals surface area contributed by atoms with Gasteiger partial charge in [-0.15, -0.1) is 5.10 Å². The largest absolute Gasteiger partial charge is 0.364 e. The van der Waals surface area contributed by atoms with Crippen molar-refractivity contribution in [3.8, 4) is 0 Å². The van der Waals surface area contributed by atoms with E-state index in [4.69, 9.17) is 0 Å². The van der Waals surface area contributed by atoms with Crippen LogP contribution in [0.1, 0.15) is 0 Å². The molecule has 0 bridgehead atoms. The van der Waals surface area contributed by atoms with Gasteiger partial charge < -0.3 is 10.2 Å². The standard InChI is InChI=1S/C12H19N7O/c1-17(8-9-18-6-4-13-5-7-18)11-3-2-10-14-15-12(20)19(10)16-11/h2-3,13H,4-9H2,1H3,(H,15,20). The summed E-state index contributed by atoms with van der Waals surface area (Å²) in [5, 5.41) is 13.9. The second-order valence-electron chi connectivity index (χ2n) is 5.00. The fraction of sp³-hybridized carbons (Fsp3) is 0.583. The zero-order valence-electron chi connectivity index (χ0n) is 11.5. The van der Waals surface area contributed by atoms with Crippen molar-refractivity contribution >= 4 is 11.5 Å². The topological polar surface area (TPSA) is 81.6 Å². The maximum absolute atomic E-state index is 11.5. The number of H-pyrrole nitrogens is 1. The van der Waals surface area contributed by atoms with E-state index in [1.54, 1.807) is 6.07 Å². The van der Waals surface area contributed by atoms with Crippen molar-refractivity contribution in [3.05, 3.63) is 22.6 Å². The molecule has 0 unspecified atom stereocenters. The molecule has 0 amide bonds. The van der Waals surface area contributed by atoms with E-state index in [-0.39, 0.29) is 5.69 Å². The summed E-state index contributed by atoms with van der Waals surface area (Å²) in [4.78, 5) is 16.0. The lowest BCUT2D eigenvalue weighted by Gasteiger charge is -2.29. The van der Waals surface area contributed by atoms with Gasteiger partial charge in [-0.05, 0) is 12.1 Å². The predicted octanol–water partition coefficient (Wildman–Crippen LogP) is -1.24. The van der Waals surface area contributed by atoms with Crippen molar-refractivity contribution in [1.82, 2.24) is 30.0 Å². The molecule has 8 nitrogen and oxygen atoms in total. The van der Waals surface area contributed by atoms with Crippen LogP contribution in [0.15, 0.2) is 16.9 Å². The minimum Gasteiger partial charge on any atom is -0.357 e. The molecule has 3 heterocycles. The molecule has 0 aromatic carbocycles. The molecule has 8 heteroatoms. The molecule has 1 aliphatic heterocycles. The third-order valence-corrected chi connectivity index (χ3v) is 3.61. The lowest BCUT2D eigenvalue weighted by molar-refractivity contribution is 0.246. The summed E-state index contributed by atoms with van der Waals surface area (Å²) in [7, 11) is 1.99. The van der Waals surface area contributed by atoms with Crippen LogP contribution in [0.5, 0.6) is 0 Å². The molecule has 108 valence electrons. The van der Waals surface area contributed by atoms with E-state index < -0.39 is 0 Å². The molecule has 0 saturated carbocycles. The second kappa shape index (κ2) is 5.59. The normalized spacial score (nSPS) is 16.6. The summed E-state index contributed by atoms with van der Waals surface area (Å²) < 4.78 is 1.29. The summed E-state index contributed by atoms with van der Waals surface area (Å²) >= 11 is 0. The van der Waals surface area contributed by atoms with Gasteiger partial charge in [-0.2, -0.15) is 9.61 Å². The summed E-state index contributed by atoms with van der Waals surface area (Å²) in [5.41, 5.74) is 0.228. The SMILES string of the molecule is CN(CCN1CCNCC1)c1ccc2n[nH]c(=O)n2n1. The Kier molecular flexibility index (Phi) is 3.66. The van der Waals surface area contributed by atoms with Crippen LogP contribution >= 0.6 is 0 Å². The van der Waals surface area contributed by atoms with Crippen molar-refractivity contribution < 1.29 is 0 Å². The Bertz CT molecular complexity index is 628. The number of hydrogen-bond acceptors (Lipinski definition) is 6. The Labute approximate surface area is 116 Å². The van der Waals surface area contributed by atoms with Gasteiger partial charge in [-0.1, -0.05) is 0 Å². The fourth-order valence-corrected chi connectivity index (χ4v) is 2.34. The highest BCUT2D eigenvalue weighted by molar-refractivity contribution is 5.44. The Morgan fingerprint density at radius 3 is 2.95 bits per heavy atom. The third kappa shape index (κ3) is 2.66. The smallest absolute Gasteiger partial charge is 0.357 e. The first-order valence-electron chi connectivity index (χ1n) is 6.83. The number of likely N-dealkylation sites (N-methyl/N-ethyl adjacent to an activating group) is 1. The van der Waals surface area contributed by atoms with Crippen LogP contribution in [0.25, 0.3) is 5.65 Å². The highest BCUT2D eigenvalue weighted by atomic mass is 16.2. The summed E-state index contributed by atoms with van der Waals surface area (Å²) in [6.07, 6.45) is 0. The first kappa shape index (κ1) is 13.1. The molecule has 1 fully saturated rings. The Balaban J connectivity index is 1.66. The van der Waals surface area contributed by atoms with Crippen LogP contribution in [0, 0.1) is 0 Å². The molecular formula is C12H19N7O. The van der Waals surface area contributed by atoms with Crippen molar-refractivity contribution in [3.63, 3.8) is 0 Å². The van der Waals surface area contributed by atoms with Crippen LogP contribution < -0.4 is 15.9 Å². The van der Waals surface area contributed by atoms with E-state index in [1.807, 2.05) is 13.1 Å². The van der Waals surface area contributed by atoms with E-state index in [0.29, 0.717) is 5.65 Å².